The highest BCUT2D eigenvalue weighted by molar-refractivity contribution is 7.94. The quantitative estimate of drug-likeness (QED) is 0.559. The molecule has 1 aromatic heterocycles. The molecule has 0 saturated heterocycles. The van der Waals surface area contributed by atoms with E-state index in [-0.39, 0.29) is 43.7 Å². The van der Waals surface area contributed by atoms with Crippen LogP contribution in [0.1, 0.15) is 57.9 Å². The largest absolute Gasteiger partial charge is 0.395 e. The van der Waals surface area contributed by atoms with E-state index in [4.69, 9.17) is 5.26 Å². The van der Waals surface area contributed by atoms with E-state index < -0.39 is 25.2 Å². The van der Waals surface area contributed by atoms with Gasteiger partial charge in [-0.2, -0.15) is 5.26 Å². The zero-order chi connectivity index (χ0) is 24.1. The summed E-state index contributed by atoms with van der Waals surface area (Å²) in [6, 6.07) is 8.90. The standard InChI is InChI=1S/C23H25N5O5S/c24-11-16-1-3-17(4-2-16)12-26-20(30)19-25-13-18-21(31)27(9-10-28(18)19)14-22(5-6-22)34(32,33)23(15-29)7-8-23/h1-4,13,29H,5-10,12,14-15H2,(H,26,30). The van der Waals surface area contributed by atoms with Crippen LogP contribution in [0.15, 0.2) is 30.5 Å². The number of carbonyl (C=O) groups is 2. The number of benzene rings is 1. The molecule has 1 aliphatic heterocycles. The molecule has 0 atom stereocenters. The van der Waals surface area contributed by atoms with Crippen LogP contribution < -0.4 is 5.32 Å². The Bertz CT molecular complexity index is 1300. The lowest BCUT2D eigenvalue weighted by atomic mass is 10.1. The molecule has 2 aliphatic carbocycles. The lowest BCUT2D eigenvalue weighted by Gasteiger charge is -2.33. The normalized spacial score (nSPS) is 19.8. The van der Waals surface area contributed by atoms with Gasteiger partial charge in [0, 0.05) is 26.2 Å². The number of fused-ring (bicyclic) bond motifs is 1. The van der Waals surface area contributed by atoms with Gasteiger partial charge in [0.05, 0.1) is 33.9 Å². The summed E-state index contributed by atoms with van der Waals surface area (Å²) in [5.74, 6) is -0.639. The third-order valence-corrected chi connectivity index (χ3v) is 10.6. The predicted octanol–water partition coefficient (Wildman–Crippen LogP) is 0.613. The Morgan fingerprint density at radius 2 is 1.82 bits per heavy atom. The van der Waals surface area contributed by atoms with Crippen LogP contribution in [0.25, 0.3) is 0 Å². The van der Waals surface area contributed by atoms with Crippen molar-refractivity contribution in [3.05, 3.63) is 53.1 Å². The first kappa shape index (κ1) is 22.6. The van der Waals surface area contributed by atoms with Crippen LogP contribution in [0.2, 0.25) is 0 Å². The Balaban J connectivity index is 1.27. The van der Waals surface area contributed by atoms with Crippen LogP contribution in [0.5, 0.6) is 0 Å². The molecule has 2 amide bonds. The number of nitrogens with one attached hydrogen (secondary N) is 1. The van der Waals surface area contributed by atoms with Crippen LogP contribution in [-0.2, 0) is 22.9 Å². The first-order valence-corrected chi connectivity index (χ1v) is 12.7. The molecule has 0 bridgehead atoms. The van der Waals surface area contributed by atoms with Crippen molar-refractivity contribution in [3.8, 4) is 6.07 Å². The molecule has 0 spiro atoms. The van der Waals surface area contributed by atoms with E-state index in [0.29, 0.717) is 37.8 Å². The molecule has 2 N–H and O–H groups in total. The van der Waals surface area contributed by atoms with Crippen molar-refractivity contribution < 1.29 is 23.1 Å². The van der Waals surface area contributed by atoms with Gasteiger partial charge in [-0.3, -0.25) is 9.59 Å². The van der Waals surface area contributed by atoms with Crippen molar-refractivity contribution in [2.24, 2.45) is 0 Å². The molecule has 5 rings (SSSR count). The lowest BCUT2D eigenvalue weighted by molar-refractivity contribution is 0.0698. The van der Waals surface area contributed by atoms with Crippen molar-refractivity contribution >= 4 is 21.7 Å². The molecule has 0 radical (unpaired) electrons. The van der Waals surface area contributed by atoms with Crippen molar-refractivity contribution in [3.63, 3.8) is 0 Å². The molecule has 1 aromatic carbocycles. The maximum absolute atomic E-state index is 13.2. The smallest absolute Gasteiger partial charge is 0.287 e. The van der Waals surface area contributed by atoms with Crippen molar-refractivity contribution in [1.82, 2.24) is 19.8 Å². The maximum atomic E-state index is 13.2. The third-order valence-electron chi connectivity index (χ3n) is 7.22. The number of sulfone groups is 1. The van der Waals surface area contributed by atoms with Crippen molar-refractivity contribution in [1.29, 1.82) is 5.26 Å². The second-order valence-corrected chi connectivity index (χ2v) is 12.1. The minimum absolute atomic E-state index is 0.0985. The van der Waals surface area contributed by atoms with Crippen molar-refractivity contribution in [2.45, 2.75) is 48.3 Å². The highest BCUT2D eigenvalue weighted by Gasteiger charge is 2.67. The van der Waals surface area contributed by atoms with E-state index in [9.17, 15) is 23.1 Å². The number of aliphatic hydroxyl groups is 1. The fourth-order valence-electron chi connectivity index (χ4n) is 4.66. The van der Waals surface area contributed by atoms with Gasteiger partial charge in [-0.05, 0) is 43.4 Å². The maximum Gasteiger partial charge on any atom is 0.287 e. The van der Waals surface area contributed by atoms with Crippen LogP contribution in [0.4, 0.5) is 0 Å². The Morgan fingerprint density at radius 3 is 2.41 bits per heavy atom. The molecule has 2 heterocycles. The minimum Gasteiger partial charge on any atom is -0.395 e. The topological polar surface area (TPSA) is 145 Å². The number of aliphatic hydroxyl groups excluding tert-OH is 1. The summed E-state index contributed by atoms with van der Waals surface area (Å²) in [7, 11) is -3.56. The summed E-state index contributed by atoms with van der Waals surface area (Å²) >= 11 is 0. The lowest BCUT2D eigenvalue weighted by Crippen LogP contribution is -2.50. The zero-order valence-corrected chi connectivity index (χ0v) is 19.3. The number of nitriles is 1. The zero-order valence-electron chi connectivity index (χ0n) is 18.5. The summed E-state index contributed by atoms with van der Waals surface area (Å²) in [5, 5.41) is 21.3. The summed E-state index contributed by atoms with van der Waals surface area (Å²) < 4.78 is 25.9. The Labute approximate surface area is 197 Å². The van der Waals surface area contributed by atoms with Gasteiger partial charge in [0.2, 0.25) is 0 Å². The molecule has 2 fully saturated rings. The summed E-state index contributed by atoms with van der Waals surface area (Å²) in [6.45, 7) is 0.587. The van der Waals surface area contributed by atoms with E-state index in [2.05, 4.69) is 10.3 Å². The average molecular weight is 484 g/mol. The molecular formula is C23H25N5O5S. The summed E-state index contributed by atoms with van der Waals surface area (Å²) in [5.41, 5.74) is 1.61. The van der Waals surface area contributed by atoms with Crippen LogP contribution in [0.3, 0.4) is 0 Å². The second-order valence-electron chi connectivity index (χ2n) is 9.36. The van der Waals surface area contributed by atoms with Gasteiger partial charge in [0.15, 0.2) is 15.7 Å². The van der Waals surface area contributed by atoms with Gasteiger partial charge in [0.25, 0.3) is 11.8 Å². The predicted molar refractivity (Wildman–Crippen MR) is 120 cm³/mol. The molecule has 2 aromatic rings. The van der Waals surface area contributed by atoms with E-state index in [0.717, 1.165) is 5.56 Å². The number of amides is 2. The van der Waals surface area contributed by atoms with Gasteiger partial charge < -0.3 is 19.9 Å². The number of hydrogen-bond donors (Lipinski definition) is 2. The molecule has 34 heavy (non-hydrogen) atoms. The highest BCUT2D eigenvalue weighted by atomic mass is 32.2. The van der Waals surface area contributed by atoms with Gasteiger partial charge in [0.1, 0.15) is 5.69 Å². The number of rotatable bonds is 8. The van der Waals surface area contributed by atoms with Gasteiger partial charge in [-0.1, -0.05) is 12.1 Å². The Morgan fingerprint density at radius 1 is 1.15 bits per heavy atom. The van der Waals surface area contributed by atoms with E-state index in [1.54, 1.807) is 28.8 Å². The third kappa shape index (κ3) is 3.49. The highest BCUT2D eigenvalue weighted by Crippen LogP contribution is 2.56. The number of aromatic nitrogens is 2. The molecule has 2 saturated carbocycles. The number of nitrogens with zero attached hydrogens (tertiary/aromatic N) is 4. The Kier molecular flexibility index (Phi) is 5.26. The minimum atomic E-state index is -3.56. The SMILES string of the molecule is N#Cc1ccc(CNC(=O)c2ncc3n2CCN(CC2(S(=O)(=O)C4(CO)CC4)CC2)C3=O)cc1. The number of carbonyl (C=O) groups excluding carboxylic acids is 2. The fraction of sp³-hybridized carbons (Fsp3) is 0.478. The average Bonchev–Trinajstić information content (AvgIpc) is 3.77. The Hall–Kier alpha value is -3.23. The first-order valence-electron chi connectivity index (χ1n) is 11.2. The molecule has 11 heteroatoms. The van der Waals surface area contributed by atoms with Crippen LogP contribution >= 0.6 is 0 Å². The number of imidazole rings is 1. The van der Waals surface area contributed by atoms with E-state index >= 15 is 0 Å². The second kappa shape index (κ2) is 7.92. The molecule has 3 aliphatic rings. The van der Waals surface area contributed by atoms with Gasteiger partial charge in [-0.25, -0.2) is 13.4 Å². The van der Waals surface area contributed by atoms with E-state index in [1.165, 1.54) is 11.1 Å². The first-order chi connectivity index (χ1) is 16.3. The van der Waals surface area contributed by atoms with Crippen LogP contribution in [0, 0.1) is 11.3 Å². The molecule has 10 nitrogen and oxygen atoms in total. The summed E-state index contributed by atoms with van der Waals surface area (Å²) in [6.07, 6.45) is 3.27. The van der Waals surface area contributed by atoms with E-state index in [1.807, 2.05) is 6.07 Å². The van der Waals surface area contributed by atoms with Crippen molar-refractivity contribution in [2.75, 3.05) is 19.7 Å². The van der Waals surface area contributed by atoms with Gasteiger partial charge >= 0.3 is 0 Å². The summed E-state index contributed by atoms with van der Waals surface area (Å²) in [4.78, 5) is 31.5. The van der Waals surface area contributed by atoms with Gasteiger partial charge in [-0.15, -0.1) is 0 Å². The fourth-order valence-corrected chi connectivity index (χ4v) is 7.35. The molecular weight excluding hydrogens is 458 g/mol. The molecule has 178 valence electrons. The van der Waals surface area contributed by atoms with Crippen LogP contribution in [-0.4, -0.2) is 69.0 Å². The molecule has 0 unspecified atom stereocenters. The monoisotopic (exact) mass is 483 g/mol. The number of hydrogen-bond acceptors (Lipinski definition) is 7.